The van der Waals surface area contributed by atoms with E-state index in [4.69, 9.17) is 0 Å². The van der Waals surface area contributed by atoms with Crippen molar-refractivity contribution < 1.29 is 22.0 Å². The van der Waals surface area contributed by atoms with Gasteiger partial charge in [-0.15, -0.1) is 0 Å². The average molecular weight is 380 g/mol. The van der Waals surface area contributed by atoms with Crippen LogP contribution in [0.3, 0.4) is 0 Å². The van der Waals surface area contributed by atoms with Gasteiger partial charge in [-0.05, 0) is 60.3 Å². The summed E-state index contributed by atoms with van der Waals surface area (Å²) < 4.78 is 69.5. The predicted molar refractivity (Wildman–Crippen MR) is 93.7 cm³/mol. The summed E-state index contributed by atoms with van der Waals surface area (Å²) >= 11 is 0. The average Bonchev–Trinajstić information content (AvgIpc) is 2.67. The molecule has 2 fully saturated rings. The van der Waals surface area contributed by atoms with Crippen LogP contribution in [0.4, 0.5) is 22.0 Å². The van der Waals surface area contributed by atoms with Gasteiger partial charge in [0.15, 0.2) is 29.1 Å². The molecule has 0 nitrogen and oxygen atoms in total. The lowest BCUT2D eigenvalue weighted by molar-refractivity contribution is 0.154. The first-order valence-electron chi connectivity index (χ1n) is 9.58. The molecule has 3 unspecified atom stereocenters. The zero-order valence-corrected chi connectivity index (χ0v) is 14.9. The van der Waals surface area contributed by atoms with Gasteiger partial charge in [-0.2, -0.15) is 0 Å². The van der Waals surface area contributed by atoms with Crippen LogP contribution in [0.25, 0.3) is 11.1 Å². The van der Waals surface area contributed by atoms with Crippen molar-refractivity contribution in [2.75, 3.05) is 0 Å². The maximum Gasteiger partial charge on any atom is 0.194 e. The lowest BCUT2D eigenvalue weighted by Crippen LogP contribution is -2.27. The summed E-state index contributed by atoms with van der Waals surface area (Å²) in [6.07, 6.45) is 7.56. The molecular weight excluding hydrogens is 359 g/mol. The number of hydrogen-bond acceptors (Lipinski definition) is 0. The highest BCUT2D eigenvalue weighted by atomic mass is 19.2. The Morgan fingerprint density at radius 2 is 1.33 bits per heavy atom. The van der Waals surface area contributed by atoms with Crippen LogP contribution in [0.2, 0.25) is 0 Å². The molecule has 0 radical (unpaired) electrons. The van der Waals surface area contributed by atoms with Gasteiger partial charge in [-0.1, -0.05) is 37.8 Å². The summed E-state index contributed by atoms with van der Waals surface area (Å²) in [5.74, 6) is -5.34. The second-order valence-electron chi connectivity index (χ2n) is 7.90. The Morgan fingerprint density at radius 3 is 2.04 bits per heavy atom. The van der Waals surface area contributed by atoms with Crippen molar-refractivity contribution in [3.8, 4) is 11.1 Å². The van der Waals surface area contributed by atoms with E-state index in [0.717, 1.165) is 25.7 Å². The van der Waals surface area contributed by atoms with Crippen LogP contribution >= 0.6 is 0 Å². The van der Waals surface area contributed by atoms with E-state index in [1.807, 2.05) is 0 Å². The molecule has 27 heavy (non-hydrogen) atoms. The number of hydrogen-bond donors (Lipinski definition) is 0. The van der Waals surface area contributed by atoms with Gasteiger partial charge >= 0.3 is 0 Å². The third kappa shape index (κ3) is 3.37. The lowest BCUT2D eigenvalue weighted by atomic mass is 9.66. The van der Waals surface area contributed by atoms with Crippen LogP contribution in [0.5, 0.6) is 0 Å². The highest BCUT2D eigenvalue weighted by Crippen LogP contribution is 2.47. The maximum absolute atomic E-state index is 14.8. The van der Waals surface area contributed by atoms with Gasteiger partial charge in [-0.3, -0.25) is 0 Å². The van der Waals surface area contributed by atoms with E-state index in [1.54, 1.807) is 0 Å². The molecule has 0 aromatic heterocycles. The normalized spacial score (nSPS) is 25.3. The van der Waals surface area contributed by atoms with Crippen LogP contribution in [-0.2, 0) is 0 Å². The molecular formula is C22H21F5. The molecule has 0 aliphatic heterocycles. The third-order valence-corrected chi connectivity index (χ3v) is 6.39. The standard InChI is InChI=1S/C22H21F5/c23-18-10-15(11-19(24)22(18)27)17-8-7-16(20(25)21(17)26)14-6-5-12-3-1-2-4-13(12)9-14/h7-8,10-14H,1-6,9H2. The van der Waals surface area contributed by atoms with E-state index in [-0.39, 0.29) is 17.0 Å². The first-order chi connectivity index (χ1) is 13.0. The third-order valence-electron chi connectivity index (χ3n) is 6.39. The Labute approximate surface area is 155 Å². The van der Waals surface area contributed by atoms with Crippen LogP contribution in [0.15, 0.2) is 24.3 Å². The number of halogens is 5. The molecule has 0 bridgehead atoms. The number of benzene rings is 2. The smallest absolute Gasteiger partial charge is 0.194 e. The monoisotopic (exact) mass is 380 g/mol. The molecule has 2 aromatic carbocycles. The summed E-state index contributed by atoms with van der Waals surface area (Å²) in [4.78, 5) is 0. The van der Waals surface area contributed by atoms with E-state index in [9.17, 15) is 22.0 Å². The molecule has 144 valence electrons. The largest absolute Gasteiger partial charge is 0.204 e. The van der Waals surface area contributed by atoms with Gasteiger partial charge in [0.1, 0.15) is 0 Å². The molecule has 3 atom stereocenters. The Morgan fingerprint density at radius 1 is 0.667 bits per heavy atom. The fourth-order valence-electron chi connectivity index (χ4n) is 4.97. The van der Waals surface area contributed by atoms with Crippen molar-refractivity contribution in [2.45, 2.75) is 50.9 Å². The summed E-state index contributed by atoms with van der Waals surface area (Å²) in [5.41, 5.74) is -0.144. The SMILES string of the molecule is Fc1cc(-c2ccc(C3CCC4CCCCC4C3)c(F)c2F)cc(F)c1F. The topological polar surface area (TPSA) is 0 Å². The highest BCUT2D eigenvalue weighted by molar-refractivity contribution is 5.65. The molecule has 0 amide bonds. The first-order valence-corrected chi connectivity index (χ1v) is 9.58. The van der Waals surface area contributed by atoms with Gasteiger partial charge in [0.05, 0.1) is 0 Å². The predicted octanol–water partition coefficient (Wildman–Crippen LogP) is 7.12. The Balaban J connectivity index is 1.65. The van der Waals surface area contributed by atoms with E-state index in [2.05, 4.69) is 0 Å². The summed E-state index contributed by atoms with van der Waals surface area (Å²) in [7, 11) is 0. The molecule has 2 aromatic rings. The Bertz CT molecular complexity index is 837. The van der Waals surface area contributed by atoms with Crippen molar-refractivity contribution in [1.29, 1.82) is 0 Å². The highest BCUT2D eigenvalue weighted by Gasteiger charge is 2.34. The molecule has 5 heteroatoms. The van der Waals surface area contributed by atoms with Crippen LogP contribution in [0.1, 0.15) is 56.4 Å². The van der Waals surface area contributed by atoms with E-state index >= 15 is 0 Å². The van der Waals surface area contributed by atoms with Gasteiger partial charge in [0.25, 0.3) is 0 Å². The second kappa shape index (κ2) is 7.25. The molecule has 0 spiro atoms. The van der Waals surface area contributed by atoms with Crippen molar-refractivity contribution in [2.24, 2.45) is 11.8 Å². The minimum Gasteiger partial charge on any atom is -0.204 e. The van der Waals surface area contributed by atoms with Gasteiger partial charge < -0.3 is 0 Å². The molecule has 0 heterocycles. The lowest BCUT2D eigenvalue weighted by Gasteiger charge is -2.39. The van der Waals surface area contributed by atoms with Gasteiger partial charge in [0.2, 0.25) is 0 Å². The van der Waals surface area contributed by atoms with Crippen LogP contribution < -0.4 is 0 Å². The molecule has 2 aliphatic rings. The molecule has 4 rings (SSSR count). The van der Waals surface area contributed by atoms with Gasteiger partial charge in [-0.25, -0.2) is 22.0 Å². The van der Waals surface area contributed by atoms with Crippen LogP contribution in [-0.4, -0.2) is 0 Å². The van der Waals surface area contributed by atoms with E-state index in [0.29, 0.717) is 29.5 Å². The fraction of sp³-hybridized carbons (Fsp3) is 0.455. The molecule has 0 saturated heterocycles. The Kier molecular flexibility index (Phi) is 4.95. The molecule has 2 saturated carbocycles. The maximum atomic E-state index is 14.8. The zero-order valence-electron chi connectivity index (χ0n) is 14.9. The minimum atomic E-state index is -1.62. The van der Waals surface area contributed by atoms with Crippen LogP contribution in [0, 0.1) is 40.9 Å². The van der Waals surface area contributed by atoms with Crippen molar-refractivity contribution >= 4 is 0 Å². The molecule has 2 aliphatic carbocycles. The van der Waals surface area contributed by atoms with Crippen molar-refractivity contribution in [3.63, 3.8) is 0 Å². The van der Waals surface area contributed by atoms with E-state index in [1.165, 1.54) is 31.4 Å². The first kappa shape index (κ1) is 18.5. The minimum absolute atomic E-state index is 0.0328. The summed E-state index contributed by atoms with van der Waals surface area (Å²) in [6.45, 7) is 0. The Hall–Kier alpha value is -1.91. The van der Waals surface area contributed by atoms with Crippen molar-refractivity contribution in [1.82, 2.24) is 0 Å². The fourth-order valence-corrected chi connectivity index (χ4v) is 4.97. The summed E-state index contributed by atoms with van der Waals surface area (Å²) in [5, 5.41) is 0. The number of rotatable bonds is 2. The van der Waals surface area contributed by atoms with Gasteiger partial charge in [0, 0.05) is 5.56 Å². The van der Waals surface area contributed by atoms with E-state index < -0.39 is 29.1 Å². The van der Waals surface area contributed by atoms with Crippen molar-refractivity contribution in [3.05, 3.63) is 58.9 Å². The quantitative estimate of drug-likeness (QED) is 0.384. The summed E-state index contributed by atoms with van der Waals surface area (Å²) in [6, 6.07) is 4.22. The molecule has 0 N–H and O–H groups in total. The zero-order chi connectivity index (χ0) is 19.1. The number of fused-ring (bicyclic) bond motifs is 1. The second-order valence-corrected chi connectivity index (χ2v) is 7.90.